The van der Waals surface area contributed by atoms with Gasteiger partial charge >= 0.3 is 0 Å². The van der Waals surface area contributed by atoms with Crippen molar-refractivity contribution < 1.29 is 0 Å². The molecule has 0 aliphatic rings. The fourth-order valence-electron chi connectivity index (χ4n) is 7.04. The normalized spacial score (nSPS) is 12.0. The molecule has 0 unspecified atom stereocenters. The lowest BCUT2D eigenvalue weighted by Crippen LogP contribution is -2.26. The summed E-state index contributed by atoms with van der Waals surface area (Å²) in [5.74, 6) is 1.84. The van der Waals surface area contributed by atoms with Gasteiger partial charge in [-0.3, -0.25) is 4.57 Å². The van der Waals surface area contributed by atoms with Crippen molar-refractivity contribution in [3.63, 3.8) is 0 Å². The van der Waals surface area contributed by atoms with Crippen molar-refractivity contribution in [1.29, 1.82) is 0 Å². The van der Waals surface area contributed by atoms with Crippen LogP contribution in [-0.4, -0.2) is 24.1 Å². The Hall–Kier alpha value is -6.59. The molecule has 6 aromatic carbocycles. The Morgan fingerprint density at radius 3 is 1.78 bits per heavy atom. The second kappa shape index (κ2) is 11.6. The molecule has 0 atom stereocenters. The van der Waals surface area contributed by atoms with E-state index in [-0.39, 0.29) is 0 Å². The summed E-state index contributed by atoms with van der Waals surface area (Å²) in [7, 11) is 0. The van der Waals surface area contributed by atoms with Crippen molar-refractivity contribution in [1.82, 2.24) is 24.1 Å². The van der Waals surface area contributed by atoms with Crippen LogP contribution in [0.3, 0.4) is 0 Å². The van der Waals surface area contributed by atoms with Gasteiger partial charge in [-0.25, -0.2) is 4.98 Å². The zero-order valence-corrected chi connectivity index (χ0v) is 27.0. The number of para-hydroxylation sites is 2. The quantitative estimate of drug-likeness (QED) is 0.191. The van der Waals surface area contributed by atoms with E-state index >= 15 is 0 Å². The van der Waals surface area contributed by atoms with Gasteiger partial charge in [-0.05, 0) is 48.0 Å². The third kappa shape index (κ3) is 4.75. The number of fused-ring (bicyclic) bond motifs is 4. The minimum atomic E-state index is 0.577. The minimum Gasteiger partial charge on any atom is -0.310 e. The maximum Gasteiger partial charge on any atom is 0.238 e. The molecule has 9 rings (SSSR count). The summed E-state index contributed by atoms with van der Waals surface area (Å²) in [4.78, 5) is 15.1. The molecule has 0 spiro atoms. The van der Waals surface area contributed by atoms with Crippen LogP contribution in [0, 0.1) is 6.92 Å². The van der Waals surface area contributed by atoms with E-state index in [0.29, 0.717) is 17.6 Å². The molecule has 0 amide bonds. The van der Waals surface area contributed by atoms with Gasteiger partial charge in [0, 0.05) is 49.4 Å². The number of rotatable bonds is 5. The Morgan fingerprint density at radius 2 is 1.10 bits per heavy atom. The van der Waals surface area contributed by atoms with Gasteiger partial charge in [-0.1, -0.05) is 134 Å². The average molecular weight is 630 g/mol. The highest BCUT2D eigenvalue weighted by molar-refractivity contribution is 6.08. The highest BCUT2D eigenvalue weighted by atomic mass is 15.2. The predicted octanol–water partition coefficient (Wildman–Crippen LogP) is 8.79. The van der Waals surface area contributed by atoms with Gasteiger partial charge in [-0.15, -0.1) is 0 Å². The molecule has 0 N–H and O–H groups in total. The molecule has 232 valence electrons. The summed E-state index contributed by atoms with van der Waals surface area (Å²) in [6, 6.07) is 52.2. The van der Waals surface area contributed by atoms with Gasteiger partial charge in [0.05, 0.1) is 11.0 Å². The van der Waals surface area contributed by atoms with Crippen molar-refractivity contribution in [2.24, 2.45) is 0 Å². The predicted molar refractivity (Wildman–Crippen MR) is 201 cm³/mol. The SMILES string of the molecule is C=c1/c(=C\c2c(C)n(-c3nc(-c4ccccc4)nc(-c4ccccc4)n3)c3ccccc23)c2c3ccccc3ccc2n1-c1ccccc1. The van der Waals surface area contributed by atoms with Crippen LogP contribution in [0.1, 0.15) is 11.3 Å². The number of hydrogen-bond acceptors (Lipinski definition) is 3. The smallest absolute Gasteiger partial charge is 0.238 e. The van der Waals surface area contributed by atoms with E-state index in [1.165, 1.54) is 16.2 Å². The van der Waals surface area contributed by atoms with Crippen LogP contribution in [0.15, 0.2) is 152 Å². The number of aromatic nitrogens is 5. The Morgan fingerprint density at radius 1 is 0.531 bits per heavy atom. The Labute approximate surface area is 283 Å². The molecule has 3 heterocycles. The summed E-state index contributed by atoms with van der Waals surface area (Å²) < 4.78 is 4.44. The van der Waals surface area contributed by atoms with Crippen LogP contribution in [0.4, 0.5) is 0 Å². The van der Waals surface area contributed by atoms with Crippen molar-refractivity contribution >= 4 is 45.2 Å². The first-order valence-electron chi connectivity index (χ1n) is 16.4. The molecule has 0 saturated carbocycles. The molecule has 49 heavy (non-hydrogen) atoms. The summed E-state index contributed by atoms with van der Waals surface area (Å²) in [5.41, 5.74) is 7.24. The maximum absolute atomic E-state index is 5.09. The lowest BCUT2D eigenvalue weighted by atomic mass is 10.0. The van der Waals surface area contributed by atoms with Crippen LogP contribution >= 0.6 is 0 Å². The molecule has 0 fully saturated rings. The molecule has 9 aromatic rings. The van der Waals surface area contributed by atoms with Crippen LogP contribution in [-0.2, 0) is 0 Å². The van der Waals surface area contributed by atoms with E-state index < -0.39 is 0 Å². The molecule has 0 saturated heterocycles. The third-order valence-corrected chi connectivity index (χ3v) is 9.35. The molecule has 0 bridgehead atoms. The first-order chi connectivity index (χ1) is 24.2. The topological polar surface area (TPSA) is 48.5 Å². The third-order valence-electron chi connectivity index (χ3n) is 9.35. The molecule has 0 aliphatic heterocycles. The van der Waals surface area contributed by atoms with Gasteiger partial charge in [-0.2, -0.15) is 9.97 Å². The molecular formula is C44H31N5. The van der Waals surface area contributed by atoms with Gasteiger partial charge in [0.2, 0.25) is 5.95 Å². The van der Waals surface area contributed by atoms with E-state index in [4.69, 9.17) is 21.5 Å². The highest BCUT2D eigenvalue weighted by Gasteiger charge is 2.20. The summed E-state index contributed by atoms with van der Waals surface area (Å²) >= 11 is 0. The van der Waals surface area contributed by atoms with Gasteiger partial charge in [0.15, 0.2) is 11.6 Å². The van der Waals surface area contributed by atoms with Crippen molar-refractivity contribution in [2.45, 2.75) is 6.92 Å². The van der Waals surface area contributed by atoms with Crippen molar-refractivity contribution in [3.05, 3.63) is 173 Å². The van der Waals surface area contributed by atoms with E-state index in [9.17, 15) is 0 Å². The zero-order chi connectivity index (χ0) is 32.9. The van der Waals surface area contributed by atoms with E-state index in [1.54, 1.807) is 0 Å². The molecule has 0 radical (unpaired) electrons. The van der Waals surface area contributed by atoms with Gasteiger partial charge < -0.3 is 4.57 Å². The van der Waals surface area contributed by atoms with E-state index in [1.807, 2.05) is 66.7 Å². The van der Waals surface area contributed by atoms with Crippen molar-refractivity contribution in [3.8, 4) is 34.4 Å². The molecule has 5 heteroatoms. The van der Waals surface area contributed by atoms with Crippen LogP contribution < -0.4 is 10.6 Å². The summed E-state index contributed by atoms with van der Waals surface area (Å²) in [5, 5.41) is 6.72. The second-order valence-corrected chi connectivity index (χ2v) is 12.2. The lowest BCUT2D eigenvalue weighted by Gasteiger charge is -2.11. The number of hydrogen-bond donors (Lipinski definition) is 0. The van der Waals surface area contributed by atoms with Crippen LogP contribution in [0.2, 0.25) is 0 Å². The number of benzene rings is 6. The van der Waals surface area contributed by atoms with E-state index in [2.05, 4.69) is 107 Å². The molecule has 5 nitrogen and oxygen atoms in total. The standard InChI is InChI=1S/C44H31N5/c1-29-37(28-38-30(2)48(34-21-10-5-11-22-34)40-27-26-31-16-12-13-23-35(31)41(38)40)36-24-14-15-25-39(36)49(29)44-46-42(32-17-6-3-7-18-32)45-43(47-44)33-19-8-4-9-20-33/h3-28H,2H2,1H3/b38-28+. The second-order valence-electron chi connectivity index (χ2n) is 12.2. The Kier molecular flexibility index (Phi) is 6.76. The molecule has 3 aromatic heterocycles. The minimum absolute atomic E-state index is 0.577. The fraction of sp³-hybridized carbons (Fsp3) is 0.0227. The zero-order valence-electron chi connectivity index (χ0n) is 27.0. The van der Waals surface area contributed by atoms with Gasteiger partial charge in [0.25, 0.3) is 0 Å². The summed E-state index contributed by atoms with van der Waals surface area (Å²) in [6.45, 7) is 6.84. The average Bonchev–Trinajstić information content (AvgIpc) is 3.61. The maximum atomic E-state index is 5.09. The number of nitrogens with zero attached hydrogens (tertiary/aromatic N) is 5. The largest absolute Gasteiger partial charge is 0.310 e. The first kappa shape index (κ1) is 28.6. The van der Waals surface area contributed by atoms with Gasteiger partial charge in [0.1, 0.15) is 0 Å². The Balaban J connectivity index is 1.36. The molecular weight excluding hydrogens is 599 g/mol. The monoisotopic (exact) mass is 629 g/mol. The van der Waals surface area contributed by atoms with Crippen molar-refractivity contribution in [2.75, 3.05) is 0 Å². The lowest BCUT2D eigenvalue weighted by molar-refractivity contribution is 0.906. The first-order valence-corrected chi connectivity index (χ1v) is 16.4. The highest BCUT2D eigenvalue weighted by Crippen LogP contribution is 2.31. The van der Waals surface area contributed by atoms with E-state index in [0.717, 1.165) is 55.1 Å². The Bertz CT molecular complexity index is 2720. The van der Waals surface area contributed by atoms with Crippen LogP contribution in [0.5, 0.6) is 0 Å². The summed E-state index contributed by atoms with van der Waals surface area (Å²) in [6.07, 6.45) is 2.31. The fourth-order valence-corrected chi connectivity index (χ4v) is 7.04. The molecule has 0 aliphatic carbocycles. The van der Waals surface area contributed by atoms with Crippen LogP contribution in [0.25, 0.3) is 79.6 Å².